The molecule has 0 amide bonds. The summed E-state index contributed by atoms with van der Waals surface area (Å²) in [6.45, 7) is 3.62. The summed E-state index contributed by atoms with van der Waals surface area (Å²) >= 11 is 0. The molecular weight excluding hydrogens is 412 g/mol. The largest absolute Gasteiger partial charge is 0.206 e. The van der Waals surface area contributed by atoms with Gasteiger partial charge in [0.1, 0.15) is 11.6 Å². The van der Waals surface area contributed by atoms with Crippen LogP contribution in [0.4, 0.5) is 17.6 Å². The molecule has 0 N–H and O–H groups in total. The van der Waals surface area contributed by atoms with E-state index < -0.39 is 23.3 Å². The minimum atomic E-state index is -0.893. The van der Waals surface area contributed by atoms with Crippen LogP contribution in [0, 0.1) is 35.1 Å². The average molecular weight is 430 g/mol. The van der Waals surface area contributed by atoms with Crippen molar-refractivity contribution in [3.8, 4) is 23.0 Å². The quantitative estimate of drug-likeness (QED) is 0.178. The Kier molecular flexibility index (Phi) is 6.09. The Balaban J connectivity index is 1.58. The Morgan fingerprint density at radius 2 is 1.38 bits per heavy atom. The maximum Gasteiger partial charge on any atom is 0.166 e. The Morgan fingerprint density at radius 3 is 2.06 bits per heavy atom. The van der Waals surface area contributed by atoms with E-state index in [1.807, 2.05) is 0 Å². The van der Waals surface area contributed by atoms with Crippen LogP contribution in [0.1, 0.15) is 23.1 Å². The van der Waals surface area contributed by atoms with Crippen molar-refractivity contribution in [2.75, 3.05) is 0 Å². The summed E-state index contributed by atoms with van der Waals surface area (Å²) in [4.78, 5) is 0. The monoisotopic (exact) mass is 430 g/mol. The third kappa shape index (κ3) is 4.43. The molecule has 0 aliphatic heterocycles. The van der Waals surface area contributed by atoms with Crippen molar-refractivity contribution in [1.82, 2.24) is 0 Å². The minimum absolute atomic E-state index is 0.0735. The number of rotatable bonds is 4. The topological polar surface area (TPSA) is 0 Å². The molecule has 0 saturated heterocycles. The predicted octanol–water partition coefficient (Wildman–Crippen LogP) is 7.58. The first-order valence-electron chi connectivity index (χ1n) is 10.1. The van der Waals surface area contributed by atoms with Crippen LogP contribution in [-0.4, -0.2) is 0 Å². The van der Waals surface area contributed by atoms with Gasteiger partial charge in [0.25, 0.3) is 0 Å². The second-order valence-corrected chi connectivity index (χ2v) is 7.39. The molecule has 4 aromatic rings. The number of halogens is 4. The maximum atomic E-state index is 14.5. The van der Waals surface area contributed by atoms with Crippen molar-refractivity contribution >= 4 is 10.8 Å². The zero-order valence-corrected chi connectivity index (χ0v) is 17.1. The maximum absolute atomic E-state index is 14.5. The summed E-state index contributed by atoms with van der Waals surface area (Å²) in [5.41, 5.74) is 2.23. The fourth-order valence-electron chi connectivity index (χ4n) is 3.52. The molecule has 0 aliphatic carbocycles. The zero-order valence-electron chi connectivity index (χ0n) is 17.1. The number of aryl methyl sites for hydroxylation is 1. The van der Waals surface area contributed by atoms with Gasteiger partial charge in [-0.25, -0.2) is 17.6 Å². The Labute approximate surface area is 183 Å². The van der Waals surface area contributed by atoms with Gasteiger partial charge in [0.15, 0.2) is 11.6 Å². The molecule has 32 heavy (non-hydrogen) atoms. The van der Waals surface area contributed by atoms with E-state index in [0.717, 1.165) is 6.07 Å². The summed E-state index contributed by atoms with van der Waals surface area (Å²) in [6, 6.07) is 16.7. The third-order valence-corrected chi connectivity index (χ3v) is 5.17. The normalized spacial score (nSPS) is 10.6. The van der Waals surface area contributed by atoms with Gasteiger partial charge in [0.2, 0.25) is 0 Å². The number of benzene rings is 4. The Hall–Kier alpha value is -3.84. The molecule has 158 valence electrons. The van der Waals surface area contributed by atoms with E-state index in [2.05, 4.69) is 18.4 Å². The summed E-state index contributed by atoms with van der Waals surface area (Å²) in [6.07, 6.45) is 2.89. The van der Waals surface area contributed by atoms with E-state index in [0.29, 0.717) is 40.5 Å². The van der Waals surface area contributed by atoms with Gasteiger partial charge in [0.05, 0.1) is 5.56 Å². The summed E-state index contributed by atoms with van der Waals surface area (Å²) in [5.74, 6) is 2.96. The van der Waals surface area contributed by atoms with Crippen LogP contribution < -0.4 is 0 Å². The molecule has 4 heteroatoms. The highest BCUT2D eigenvalue weighted by Crippen LogP contribution is 2.28. The van der Waals surface area contributed by atoms with Gasteiger partial charge in [-0.3, -0.25) is 0 Å². The van der Waals surface area contributed by atoms with Crippen LogP contribution in [0.15, 0.2) is 79.4 Å². The number of hydrogen-bond acceptors (Lipinski definition) is 0. The van der Waals surface area contributed by atoms with Crippen molar-refractivity contribution in [2.24, 2.45) is 0 Å². The van der Waals surface area contributed by atoms with Crippen LogP contribution in [0.5, 0.6) is 0 Å². The molecule has 0 atom stereocenters. The average Bonchev–Trinajstić information content (AvgIpc) is 2.79. The van der Waals surface area contributed by atoms with E-state index in [1.54, 1.807) is 42.5 Å². The molecule has 0 bridgehead atoms. The van der Waals surface area contributed by atoms with Gasteiger partial charge in [-0.1, -0.05) is 42.2 Å². The van der Waals surface area contributed by atoms with Gasteiger partial charge in [-0.05, 0) is 71.8 Å². The lowest BCUT2D eigenvalue weighted by Crippen LogP contribution is -1.95. The van der Waals surface area contributed by atoms with Crippen molar-refractivity contribution in [2.45, 2.75) is 12.8 Å². The summed E-state index contributed by atoms with van der Waals surface area (Å²) in [7, 11) is 0. The second-order valence-electron chi connectivity index (χ2n) is 7.39. The Morgan fingerprint density at radius 1 is 0.719 bits per heavy atom. The van der Waals surface area contributed by atoms with Crippen molar-refractivity contribution in [3.05, 3.63) is 119 Å². The van der Waals surface area contributed by atoms with Gasteiger partial charge >= 0.3 is 0 Å². The molecule has 0 nitrogen and oxygen atoms in total. The molecule has 0 unspecified atom stereocenters. The van der Waals surface area contributed by atoms with E-state index in [-0.39, 0.29) is 10.9 Å². The molecule has 0 heterocycles. The molecule has 0 aliphatic rings. The molecule has 0 fully saturated rings. The van der Waals surface area contributed by atoms with Gasteiger partial charge < -0.3 is 0 Å². The van der Waals surface area contributed by atoms with E-state index in [9.17, 15) is 17.6 Å². The van der Waals surface area contributed by atoms with Gasteiger partial charge in [0, 0.05) is 16.5 Å². The van der Waals surface area contributed by atoms with Crippen molar-refractivity contribution in [3.63, 3.8) is 0 Å². The van der Waals surface area contributed by atoms with Crippen LogP contribution in [-0.2, 0) is 6.42 Å². The van der Waals surface area contributed by atoms with E-state index in [4.69, 9.17) is 0 Å². The highest BCUT2D eigenvalue weighted by molar-refractivity contribution is 5.84. The molecule has 0 aromatic heterocycles. The lowest BCUT2D eigenvalue weighted by molar-refractivity contribution is 0.517. The van der Waals surface area contributed by atoms with E-state index in [1.165, 1.54) is 24.3 Å². The van der Waals surface area contributed by atoms with Crippen LogP contribution in [0.2, 0.25) is 0 Å². The molecule has 0 spiro atoms. The first-order chi connectivity index (χ1) is 15.5. The highest BCUT2D eigenvalue weighted by atomic mass is 19.2. The van der Waals surface area contributed by atoms with Gasteiger partial charge in [-0.15, -0.1) is 6.58 Å². The first kappa shape index (κ1) is 21.4. The fraction of sp³-hybridized carbons (Fsp3) is 0.0714. The number of hydrogen-bond donors (Lipinski definition) is 0. The molecule has 4 aromatic carbocycles. The van der Waals surface area contributed by atoms with Crippen LogP contribution >= 0.6 is 0 Å². The molecular formula is C28H18F4. The van der Waals surface area contributed by atoms with Crippen molar-refractivity contribution < 1.29 is 17.6 Å². The summed E-state index contributed by atoms with van der Waals surface area (Å²) in [5, 5.41) is 0.744. The fourth-order valence-corrected chi connectivity index (χ4v) is 3.52. The highest BCUT2D eigenvalue weighted by Gasteiger charge is 2.13. The lowest BCUT2D eigenvalue weighted by atomic mass is 9.99. The molecule has 0 saturated carbocycles. The van der Waals surface area contributed by atoms with Crippen molar-refractivity contribution in [1.29, 1.82) is 0 Å². The van der Waals surface area contributed by atoms with Crippen LogP contribution in [0.25, 0.3) is 21.9 Å². The third-order valence-electron chi connectivity index (χ3n) is 5.17. The van der Waals surface area contributed by atoms with Crippen LogP contribution in [0.3, 0.4) is 0 Å². The van der Waals surface area contributed by atoms with Gasteiger partial charge in [-0.2, -0.15) is 0 Å². The predicted molar refractivity (Wildman–Crippen MR) is 120 cm³/mol. The molecule has 0 radical (unpaired) electrons. The second kappa shape index (κ2) is 9.11. The zero-order chi connectivity index (χ0) is 22.7. The summed E-state index contributed by atoms with van der Waals surface area (Å²) < 4.78 is 56.2. The molecule has 4 rings (SSSR count). The smallest absolute Gasteiger partial charge is 0.166 e. The SMILES string of the molecule is C=CCCc1cc(F)c(-c2ccc(C#Cc3ccc4c(F)c(F)ccc4c3)cc2)c(F)c1. The van der Waals surface area contributed by atoms with E-state index >= 15 is 0 Å². The number of allylic oxidation sites excluding steroid dienone is 1. The minimum Gasteiger partial charge on any atom is -0.206 e. The standard InChI is InChI=1S/C28H18F4/c1-2-3-4-20-16-25(30)27(26(31)17-20)21-10-7-18(8-11-21)5-6-19-9-13-23-22(15-19)12-14-24(29)28(23)32/h2,7-17H,1,3-4H2. The lowest BCUT2D eigenvalue weighted by Gasteiger charge is -2.08. The Bertz CT molecular complexity index is 1350. The number of fused-ring (bicyclic) bond motifs is 1. The first-order valence-corrected chi connectivity index (χ1v) is 10.1.